The summed E-state index contributed by atoms with van der Waals surface area (Å²) in [5, 5.41) is 0.889. The molecule has 1 amide bonds. The van der Waals surface area contributed by atoms with Gasteiger partial charge in [0.2, 0.25) is 0 Å². The van der Waals surface area contributed by atoms with Gasteiger partial charge in [-0.2, -0.15) is 0 Å². The molecule has 2 aromatic rings. The molecule has 3 nitrogen and oxygen atoms in total. The molecule has 1 N–H and O–H groups in total. The summed E-state index contributed by atoms with van der Waals surface area (Å²) in [4.78, 5) is 14.8. The number of rotatable bonds is 1. The fraction of sp³-hybridized carbons (Fsp3) is 0. The molecule has 3 heteroatoms. The number of benzene rings is 1. The molecule has 63 valence electrons. The third-order valence-electron chi connectivity index (χ3n) is 1.87. The van der Waals surface area contributed by atoms with Gasteiger partial charge in [-0.15, -0.1) is 0 Å². The Morgan fingerprint density at radius 3 is 2.92 bits per heavy atom. The number of aromatic nitrogens is 1. The molecule has 0 unspecified atom stereocenters. The summed E-state index contributed by atoms with van der Waals surface area (Å²) >= 11 is 0. The lowest BCUT2D eigenvalue weighted by molar-refractivity contribution is 0.0992. The molecule has 2 rings (SSSR count). The Morgan fingerprint density at radius 2 is 2.15 bits per heavy atom. The molecule has 0 spiro atoms. The number of nitrogens with zero attached hydrogens (tertiary/aromatic N) is 1. The second-order valence-electron chi connectivity index (χ2n) is 2.74. The fourth-order valence-electron chi connectivity index (χ4n) is 1.22. The Hall–Kier alpha value is -1.90. The first-order valence-corrected chi connectivity index (χ1v) is 3.88. The molecule has 0 fully saturated rings. The molecule has 1 heterocycles. The highest BCUT2D eigenvalue weighted by atomic mass is 16.1. The number of fused-ring (bicyclic) bond motifs is 1. The van der Waals surface area contributed by atoms with Gasteiger partial charge in [0.1, 0.15) is 0 Å². The van der Waals surface area contributed by atoms with E-state index in [0.717, 1.165) is 10.9 Å². The highest BCUT2D eigenvalue weighted by Crippen LogP contribution is 2.12. The standard InChI is InChI=1S/C10H7N2O/c11-10(13)8-3-4-9-7(6-8)2-1-5-12-9/h1-6,11H. The minimum atomic E-state index is -0.661. The molecule has 0 saturated carbocycles. The highest BCUT2D eigenvalue weighted by molar-refractivity contribution is 5.96. The summed E-state index contributed by atoms with van der Waals surface area (Å²) in [5.41, 5.74) is 8.18. The number of hydrogen-bond donors (Lipinski definition) is 0. The van der Waals surface area contributed by atoms with Crippen LogP contribution in [0.4, 0.5) is 0 Å². The third-order valence-corrected chi connectivity index (χ3v) is 1.87. The van der Waals surface area contributed by atoms with Crippen LogP contribution >= 0.6 is 0 Å². The van der Waals surface area contributed by atoms with E-state index in [1.807, 2.05) is 6.07 Å². The lowest BCUT2D eigenvalue weighted by Crippen LogP contribution is -1.97. The molecule has 0 saturated heterocycles. The van der Waals surface area contributed by atoms with Gasteiger partial charge in [0, 0.05) is 17.1 Å². The van der Waals surface area contributed by atoms with Crippen molar-refractivity contribution in [2.45, 2.75) is 0 Å². The third kappa shape index (κ3) is 1.36. The number of carbonyl (C=O) groups excluding carboxylic acids is 1. The summed E-state index contributed by atoms with van der Waals surface area (Å²) in [6, 6.07) is 8.72. The first kappa shape index (κ1) is 7.73. The van der Waals surface area contributed by atoms with E-state index >= 15 is 0 Å². The van der Waals surface area contributed by atoms with Crippen LogP contribution in [-0.2, 0) is 0 Å². The highest BCUT2D eigenvalue weighted by Gasteiger charge is 2.01. The van der Waals surface area contributed by atoms with Gasteiger partial charge in [0.05, 0.1) is 5.52 Å². The molecule has 0 bridgehead atoms. The fourth-order valence-corrected chi connectivity index (χ4v) is 1.22. The van der Waals surface area contributed by atoms with Crippen molar-refractivity contribution in [2.24, 2.45) is 0 Å². The zero-order valence-electron chi connectivity index (χ0n) is 6.82. The largest absolute Gasteiger partial charge is 0.269 e. The lowest BCUT2D eigenvalue weighted by Gasteiger charge is -1.97. The van der Waals surface area contributed by atoms with Gasteiger partial charge in [-0.1, -0.05) is 6.07 Å². The van der Waals surface area contributed by atoms with Crippen molar-refractivity contribution in [3.8, 4) is 0 Å². The van der Waals surface area contributed by atoms with Crippen molar-refractivity contribution in [1.29, 1.82) is 0 Å². The van der Waals surface area contributed by atoms with Crippen molar-refractivity contribution in [2.75, 3.05) is 0 Å². The minimum Gasteiger partial charge on any atom is -0.267 e. The minimum absolute atomic E-state index is 0.403. The number of carbonyl (C=O) groups is 1. The normalized spacial score (nSPS) is 10.2. The average Bonchev–Trinajstić information content (AvgIpc) is 2.17. The molecular weight excluding hydrogens is 164 g/mol. The van der Waals surface area contributed by atoms with Crippen LogP contribution in [-0.4, -0.2) is 10.9 Å². The van der Waals surface area contributed by atoms with Gasteiger partial charge in [-0.25, -0.2) is 0 Å². The maximum atomic E-state index is 10.7. The second kappa shape index (κ2) is 2.86. The molecule has 13 heavy (non-hydrogen) atoms. The van der Waals surface area contributed by atoms with Gasteiger partial charge in [-0.05, 0) is 24.3 Å². The van der Waals surface area contributed by atoms with Crippen LogP contribution in [0.25, 0.3) is 10.9 Å². The Balaban J connectivity index is 2.69. The zero-order valence-corrected chi connectivity index (χ0v) is 6.82. The monoisotopic (exact) mass is 171 g/mol. The van der Waals surface area contributed by atoms with Gasteiger partial charge < -0.3 is 0 Å². The molecule has 1 aromatic carbocycles. The van der Waals surface area contributed by atoms with Crippen LogP contribution in [0.3, 0.4) is 0 Å². The van der Waals surface area contributed by atoms with Crippen LogP contribution in [0.2, 0.25) is 0 Å². The van der Waals surface area contributed by atoms with E-state index in [-0.39, 0.29) is 0 Å². The Bertz CT molecular complexity index is 465. The topological polar surface area (TPSA) is 53.8 Å². The Kier molecular flexibility index (Phi) is 1.70. The van der Waals surface area contributed by atoms with Crippen molar-refractivity contribution < 1.29 is 4.79 Å². The molecule has 1 radical (unpaired) electrons. The van der Waals surface area contributed by atoms with E-state index in [0.29, 0.717) is 5.56 Å². The summed E-state index contributed by atoms with van der Waals surface area (Å²) in [5.74, 6) is -0.661. The number of amides is 1. The van der Waals surface area contributed by atoms with Gasteiger partial charge in [0.15, 0.2) is 0 Å². The van der Waals surface area contributed by atoms with E-state index in [9.17, 15) is 4.79 Å². The number of hydrogen-bond acceptors (Lipinski definition) is 2. The van der Waals surface area contributed by atoms with E-state index < -0.39 is 5.91 Å². The van der Waals surface area contributed by atoms with Crippen molar-refractivity contribution >= 4 is 16.8 Å². The summed E-state index contributed by atoms with van der Waals surface area (Å²) < 4.78 is 0. The maximum Gasteiger partial charge on any atom is 0.269 e. The molecule has 0 aliphatic carbocycles. The van der Waals surface area contributed by atoms with E-state index in [1.165, 1.54) is 0 Å². The van der Waals surface area contributed by atoms with Gasteiger partial charge in [0.25, 0.3) is 5.91 Å². The first-order valence-electron chi connectivity index (χ1n) is 3.88. The number of nitrogens with one attached hydrogen (secondary N) is 1. The van der Waals surface area contributed by atoms with E-state index in [1.54, 1.807) is 30.5 Å². The Morgan fingerprint density at radius 1 is 1.31 bits per heavy atom. The predicted molar refractivity (Wildman–Crippen MR) is 49.2 cm³/mol. The number of pyridine rings is 1. The van der Waals surface area contributed by atoms with Crippen molar-refractivity contribution in [3.05, 3.63) is 42.1 Å². The summed E-state index contributed by atoms with van der Waals surface area (Å²) in [7, 11) is 0. The average molecular weight is 171 g/mol. The predicted octanol–water partition coefficient (Wildman–Crippen LogP) is 1.66. The SMILES string of the molecule is [NH]C(=O)c1ccc2ncccc2c1. The molecule has 1 aromatic heterocycles. The zero-order chi connectivity index (χ0) is 9.26. The van der Waals surface area contributed by atoms with Crippen molar-refractivity contribution in [3.63, 3.8) is 0 Å². The maximum absolute atomic E-state index is 10.7. The van der Waals surface area contributed by atoms with Crippen molar-refractivity contribution in [1.82, 2.24) is 10.7 Å². The van der Waals surface area contributed by atoms with Gasteiger partial charge in [-0.3, -0.25) is 15.5 Å². The molecule has 0 aliphatic rings. The van der Waals surface area contributed by atoms with E-state index in [4.69, 9.17) is 5.73 Å². The molecule has 0 atom stereocenters. The summed E-state index contributed by atoms with van der Waals surface area (Å²) in [6.45, 7) is 0. The van der Waals surface area contributed by atoms with Crippen LogP contribution in [0, 0.1) is 0 Å². The smallest absolute Gasteiger partial charge is 0.267 e. The molecular formula is C10H7N2O. The van der Waals surface area contributed by atoms with E-state index in [2.05, 4.69) is 4.98 Å². The summed E-state index contributed by atoms with van der Waals surface area (Å²) in [6.07, 6.45) is 1.70. The Labute approximate surface area is 75.2 Å². The van der Waals surface area contributed by atoms with Crippen LogP contribution in [0.15, 0.2) is 36.5 Å². The van der Waals surface area contributed by atoms with Crippen LogP contribution < -0.4 is 5.73 Å². The van der Waals surface area contributed by atoms with Crippen LogP contribution in [0.1, 0.15) is 10.4 Å². The van der Waals surface area contributed by atoms with Gasteiger partial charge >= 0.3 is 0 Å². The molecule has 0 aliphatic heterocycles. The second-order valence-corrected chi connectivity index (χ2v) is 2.74. The quantitative estimate of drug-likeness (QED) is 0.655. The van der Waals surface area contributed by atoms with Crippen LogP contribution in [0.5, 0.6) is 0 Å². The lowest BCUT2D eigenvalue weighted by atomic mass is 10.1. The first-order chi connectivity index (χ1) is 6.27.